The van der Waals surface area contributed by atoms with Crippen LogP contribution in [-0.2, 0) is 4.79 Å². The third-order valence-electron chi connectivity index (χ3n) is 2.79. The molecule has 0 radical (unpaired) electrons. The van der Waals surface area contributed by atoms with E-state index in [1.165, 1.54) is 4.90 Å². The van der Waals surface area contributed by atoms with Crippen molar-refractivity contribution >= 4 is 5.91 Å². The molecule has 3 nitrogen and oxygen atoms in total. The maximum atomic E-state index is 12.2. The molecule has 1 aliphatic carbocycles. The van der Waals surface area contributed by atoms with Gasteiger partial charge in [0.2, 0.25) is 5.91 Å². The van der Waals surface area contributed by atoms with Crippen LogP contribution in [0.3, 0.4) is 0 Å². The van der Waals surface area contributed by atoms with Gasteiger partial charge in [0.1, 0.15) is 0 Å². The first-order valence-corrected chi connectivity index (χ1v) is 5.33. The van der Waals surface area contributed by atoms with E-state index >= 15 is 0 Å². The number of hydrogen-bond acceptors (Lipinski definition) is 2. The molecule has 5 heteroatoms. The molecule has 2 N–H and O–H groups in total. The summed E-state index contributed by atoms with van der Waals surface area (Å²) in [6.45, 7) is 1.78. The number of rotatable bonds is 6. The Morgan fingerprint density at radius 1 is 1.53 bits per heavy atom. The van der Waals surface area contributed by atoms with Crippen LogP contribution in [0.5, 0.6) is 0 Å². The molecule has 1 unspecified atom stereocenters. The Morgan fingerprint density at radius 2 is 2.13 bits per heavy atom. The molecule has 0 saturated heterocycles. The third kappa shape index (κ3) is 3.74. The summed E-state index contributed by atoms with van der Waals surface area (Å²) in [5, 5.41) is 0. The second-order valence-corrected chi connectivity index (χ2v) is 4.09. The fraction of sp³-hybridized carbons (Fsp3) is 0.900. The molecular weight excluding hydrogens is 202 g/mol. The largest absolute Gasteiger partial charge is 0.335 e. The Morgan fingerprint density at radius 3 is 2.53 bits per heavy atom. The monoisotopic (exact) mass is 220 g/mol. The minimum atomic E-state index is -2.48. The predicted molar refractivity (Wildman–Crippen MR) is 53.5 cm³/mol. The van der Waals surface area contributed by atoms with Crippen molar-refractivity contribution in [1.29, 1.82) is 0 Å². The van der Waals surface area contributed by atoms with Crippen molar-refractivity contribution in [2.45, 2.75) is 26.2 Å². The van der Waals surface area contributed by atoms with Gasteiger partial charge in [0.05, 0.1) is 6.54 Å². The zero-order valence-electron chi connectivity index (χ0n) is 8.96. The Balaban J connectivity index is 2.48. The van der Waals surface area contributed by atoms with E-state index in [1.807, 2.05) is 6.92 Å². The molecule has 0 aromatic carbocycles. The molecule has 0 spiro atoms. The Bertz CT molecular complexity index is 219. The Kier molecular flexibility index (Phi) is 4.45. The van der Waals surface area contributed by atoms with Gasteiger partial charge in [0, 0.05) is 19.0 Å². The maximum absolute atomic E-state index is 12.2. The molecule has 1 rings (SSSR count). The zero-order valence-corrected chi connectivity index (χ0v) is 8.96. The number of halogens is 2. The first-order chi connectivity index (χ1) is 7.06. The highest BCUT2D eigenvalue weighted by atomic mass is 19.3. The fourth-order valence-corrected chi connectivity index (χ4v) is 1.70. The van der Waals surface area contributed by atoms with E-state index in [0.717, 1.165) is 12.8 Å². The normalized spacial score (nSPS) is 17.9. The smallest absolute Gasteiger partial charge is 0.255 e. The molecule has 1 saturated carbocycles. The lowest BCUT2D eigenvalue weighted by Gasteiger charge is -2.24. The molecule has 88 valence electrons. The second kappa shape index (κ2) is 5.39. The number of carbonyl (C=O) groups is 1. The van der Waals surface area contributed by atoms with Gasteiger partial charge in [-0.1, -0.05) is 6.92 Å². The van der Waals surface area contributed by atoms with Crippen molar-refractivity contribution in [3.05, 3.63) is 0 Å². The second-order valence-electron chi connectivity index (χ2n) is 4.09. The molecule has 0 aromatic rings. The minimum Gasteiger partial charge on any atom is -0.335 e. The van der Waals surface area contributed by atoms with E-state index in [0.29, 0.717) is 5.92 Å². The van der Waals surface area contributed by atoms with Gasteiger partial charge in [-0.3, -0.25) is 4.79 Å². The summed E-state index contributed by atoms with van der Waals surface area (Å²) in [5.74, 6) is 0.0917. The molecule has 0 bridgehead atoms. The summed E-state index contributed by atoms with van der Waals surface area (Å²) in [4.78, 5) is 13.0. The summed E-state index contributed by atoms with van der Waals surface area (Å²) in [6.07, 6.45) is -0.400. The number of nitrogens with zero attached hydrogens (tertiary/aromatic N) is 1. The van der Waals surface area contributed by atoms with E-state index < -0.39 is 13.0 Å². The topological polar surface area (TPSA) is 46.3 Å². The lowest BCUT2D eigenvalue weighted by Crippen LogP contribution is -2.41. The van der Waals surface area contributed by atoms with Gasteiger partial charge >= 0.3 is 0 Å². The van der Waals surface area contributed by atoms with Gasteiger partial charge in [-0.25, -0.2) is 8.78 Å². The lowest BCUT2D eigenvalue weighted by molar-refractivity contribution is -0.137. The van der Waals surface area contributed by atoms with Gasteiger partial charge in [-0.15, -0.1) is 0 Å². The molecule has 1 aliphatic rings. The molecule has 0 heterocycles. The van der Waals surface area contributed by atoms with Crippen LogP contribution in [0.15, 0.2) is 0 Å². The minimum absolute atomic E-state index is 0.129. The summed E-state index contributed by atoms with van der Waals surface area (Å²) in [7, 11) is 0. The first-order valence-electron chi connectivity index (χ1n) is 5.33. The van der Waals surface area contributed by atoms with Crippen LogP contribution in [0.4, 0.5) is 8.78 Å². The van der Waals surface area contributed by atoms with Crippen LogP contribution < -0.4 is 5.73 Å². The molecule has 1 amide bonds. The van der Waals surface area contributed by atoms with E-state index in [1.54, 1.807) is 0 Å². The SMILES string of the molecule is CC(C(=O)N(CCN)CC(F)F)C1CC1. The average molecular weight is 220 g/mol. The Hall–Kier alpha value is -0.710. The van der Waals surface area contributed by atoms with Crippen LogP contribution in [0, 0.1) is 11.8 Å². The molecule has 1 fully saturated rings. The summed E-state index contributed by atoms with van der Waals surface area (Å²) >= 11 is 0. The van der Waals surface area contributed by atoms with Crippen LogP contribution in [0.2, 0.25) is 0 Å². The quantitative estimate of drug-likeness (QED) is 0.728. The molecule has 0 aliphatic heterocycles. The van der Waals surface area contributed by atoms with E-state index in [2.05, 4.69) is 0 Å². The van der Waals surface area contributed by atoms with Crippen molar-refractivity contribution in [2.75, 3.05) is 19.6 Å². The molecule has 0 aromatic heterocycles. The highest BCUT2D eigenvalue weighted by Crippen LogP contribution is 2.37. The van der Waals surface area contributed by atoms with E-state index in [4.69, 9.17) is 5.73 Å². The maximum Gasteiger partial charge on any atom is 0.255 e. The Labute approximate surface area is 88.6 Å². The van der Waals surface area contributed by atoms with Crippen LogP contribution >= 0.6 is 0 Å². The van der Waals surface area contributed by atoms with E-state index in [-0.39, 0.29) is 24.9 Å². The number of amides is 1. The van der Waals surface area contributed by atoms with Crippen LogP contribution in [0.25, 0.3) is 0 Å². The van der Waals surface area contributed by atoms with Gasteiger partial charge in [0.25, 0.3) is 6.43 Å². The van der Waals surface area contributed by atoms with Crippen molar-refractivity contribution < 1.29 is 13.6 Å². The molecule has 1 atom stereocenters. The fourth-order valence-electron chi connectivity index (χ4n) is 1.70. The van der Waals surface area contributed by atoms with Gasteiger partial charge < -0.3 is 10.6 Å². The van der Waals surface area contributed by atoms with E-state index in [9.17, 15) is 13.6 Å². The highest BCUT2D eigenvalue weighted by Gasteiger charge is 2.35. The van der Waals surface area contributed by atoms with Crippen molar-refractivity contribution in [1.82, 2.24) is 4.90 Å². The van der Waals surface area contributed by atoms with Gasteiger partial charge in [-0.2, -0.15) is 0 Å². The standard InChI is InChI=1S/C10H18F2N2O/c1-7(8-2-3-8)10(15)14(5-4-13)6-9(11)12/h7-9H,2-6,13H2,1H3. The third-order valence-corrected chi connectivity index (χ3v) is 2.79. The zero-order chi connectivity index (χ0) is 11.4. The van der Waals surface area contributed by atoms with Crippen LogP contribution in [-0.4, -0.2) is 36.9 Å². The highest BCUT2D eigenvalue weighted by molar-refractivity contribution is 5.79. The first kappa shape index (κ1) is 12.4. The van der Waals surface area contributed by atoms with Crippen molar-refractivity contribution in [3.63, 3.8) is 0 Å². The molecular formula is C10H18F2N2O. The average Bonchev–Trinajstić information content (AvgIpc) is 2.97. The lowest BCUT2D eigenvalue weighted by atomic mass is 10.0. The number of hydrogen-bond donors (Lipinski definition) is 1. The van der Waals surface area contributed by atoms with Crippen molar-refractivity contribution in [3.8, 4) is 0 Å². The van der Waals surface area contributed by atoms with Gasteiger partial charge in [0.15, 0.2) is 0 Å². The summed E-state index contributed by atoms with van der Waals surface area (Å²) < 4.78 is 24.4. The predicted octanol–water partition coefficient (Wildman–Crippen LogP) is 1.08. The molecule has 15 heavy (non-hydrogen) atoms. The van der Waals surface area contributed by atoms with Crippen molar-refractivity contribution in [2.24, 2.45) is 17.6 Å². The number of alkyl halides is 2. The summed E-state index contributed by atoms with van der Waals surface area (Å²) in [5.41, 5.74) is 5.30. The number of nitrogens with two attached hydrogens (primary N) is 1. The summed E-state index contributed by atoms with van der Waals surface area (Å²) in [6, 6.07) is 0. The van der Waals surface area contributed by atoms with Gasteiger partial charge in [-0.05, 0) is 18.8 Å². The number of carbonyl (C=O) groups excluding carboxylic acids is 1. The van der Waals surface area contributed by atoms with Crippen LogP contribution in [0.1, 0.15) is 19.8 Å².